The highest BCUT2D eigenvalue weighted by Crippen LogP contribution is 2.38. The minimum atomic E-state index is 1.04. The number of nitrogens with zero attached hydrogens (tertiary/aromatic N) is 2. The third kappa shape index (κ3) is 2.17. The van der Waals surface area contributed by atoms with Gasteiger partial charge in [0, 0.05) is 23.7 Å². The molecule has 108 valence electrons. The second kappa shape index (κ2) is 5.30. The fraction of sp³-hybridized carbons (Fsp3) is 0.150. The normalized spacial score (nSPS) is 14.0. The van der Waals surface area contributed by atoms with Crippen molar-refractivity contribution in [3.8, 4) is 0 Å². The molecule has 3 aromatic rings. The summed E-state index contributed by atoms with van der Waals surface area (Å²) in [5, 5.41) is 0. The summed E-state index contributed by atoms with van der Waals surface area (Å²) >= 11 is 0. The van der Waals surface area contributed by atoms with Gasteiger partial charge in [0.05, 0.1) is 6.33 Å². The van der Waals surface area contributed by atoms with Crippen LogP contribution in [-0.2, 0) is 6.42 Å². The molecule has 0 N–H and O–H groups in total. The van der Waals surface area contributed by atoms with E-state index in [1.54, 1.807) is 0 Å². The van der Waals surface area contributed by atoms with Crippen molar-refractivity contribution in [2.75, 3.05) is 0 Å². The van der Waals surface area contributed by atoms with Crippen LogP contribution < -0.4 is 0 Å². The summed E-state index contributed by atoms with van der Waals surface area (Å²) < 4.78 is 2.16. The van der Waals surface area contributed by atoms with E-state index in [4.69, 9.17) is 0 Å². The largest absolute Gasteiger partial charge is 0.309 e. The van der Waals surface area contributed by atoms with Crippen LogP contribution in [0.4, 0.5) is 0 Å². The highest BCUT2D eigenvalue weighted by Gasteiger charge is 2.20. The van der Waals surface area contributed by atoms with Crippen LogP contribution in [0.15, 0.2) is 67.3 Å². The third-order valence-electron chi connectivity index (χ3n) is 4.36. The molecule has 0 atom stereocenters. The first-order valence-electron chi connectivity index (χ1n) is 7.70. The first-order chi connectivity index (χ1) is 10.8. The lowest BCUT2D eigenvalue weighted by molar-refractivity contribution is 0.910. The molecule has 0 saturated carbocycles. The molecule has 0 bridgehead atoms. The van der Waals surface area contributed by atoms with Gasteiger partial charge in [-0.3, -0.25) is 0 Å². The number of benzene rings is 2. The zero-order valence-corrected chi connectivity index (χ0v) is 12.7. The Hall–Kier alpha value is -2.61. The van der Waals surface area contributed by atoms with E-state index in [1.165, 1.54) is 33.5 Å². The molecule has 0 unspecified atom stereocenters. The van der Waals surface area contributed by atoms with Crippen molar-refractivity contribution in [1.29, 1.82) is 0 Å². The summed E-state index contributed by atoms with van der Waals surface area (Å²) in [5.74, 6) is 0. The highest BCUT2D eigenvalue weighted by atomic mass is 15.0. The van der Waals surface area contributed by atoms with E-state index in [9.17, 15) is 0 Å². The Labute approximate surface area is 130 Å². The third-order valence-corrected chi connectivity index (χ3v) is 4.36. The van der Waals surface area contributed by atoms with E-state index in [2.05, 4.69) is 65.0 Å². The summed E-state index contributed by atoms with van der Waals surface area (Å²) in [6.07, 6.45) is 7.91. The molecule has 2 heteroatoms. The molecule has 0 radical (unpaired) electrons. The van der Waals surface area contributed by atoms with Crippen molar-refractivity contribution in [3.05, 3.63) is 89.5 Å². The van der Waals surface area contributed by atoms with Crippen LogP contribution in [0.3, 0.4) is 0 Å². The summed E-state index contributed by atoms with van der Waals surface area (Å²) in [5.41, 5.74) is 8.02. The molecule has 22 heavy (non-hydrogen) atoms. The van der Waals surface area contributed by atoms with Gasteiger partial charge in [-0.1, -0.05) is 54.1 Å². The van der Waals surface area contributed by atoms with Crippen LogP contribution in [0, 0.1) is 6.92 Å². The van der Waals surface area contributed by atoms with Gasteiger partial charge in [0.1, 0.15) is 0 Å². The Morgan fingerprint density at radius 3 is 2.55 bits per heavy atom. The average molecular weight is 286 g/mol. The molecular formula is C20H18N2. The van der Waals surface area contributed by atoms with Crippen LogP contribution in [0.2, 0.25) is 0 Å². The molecule has 0 aliphatic heterocycles. The highest BCUT2D eigenvalue weighted by molar-refractivity contribution is 5.95. The zero-order valence-electron chi connectivity index (χ0n) is 12.7. The molecule has 1 aromatic heterocycles. The van der Waals surface area contributed by atoms with Gasteiger partial charge in [0.15, 0.2) is 0 Å². The van der Waals surface area contributed by atoms with Gasteiger partial charge in [-0.25, -0.2) is 4.98 Å². The van der Waals surface area contributed by atoms with Crippen LogP contribution in [-0.4, -0.2) is 9.55 Å². The lowest BCUT2D eigenvalue weighted by Gasteiger charge is -2.24. The molecule has 4 rings (SSSR count). The van der Waals surface area contributed by atoms with Gasteiger partial charge in [0.2, 0.25) is 0 Å². The molecule has 0 spiro atoms. The monoisotopic (exact) mass is 286 g/mol. The fourth-order valence-corrected chi connectivity index (χ4v) is 3.24. The second-order valence-corrected chi connectivity index (χ2v) is 5.81. The summed E-state index contributed by atoms with van der Waals surface area (Å²) in [4.78, 5) is 4.22. The average Bonchev–Trinajstić information content (AvgIpc) is 3.09. The zero-order chi connectivity index (χ0) is 14.9. The van der Waals surface area contributed by atoms with Gasteiger partial charge >= 0.3 is 0 Å². The van der Waals surface area contributed by atoms with Crippen LogP contribution in [0.5, 0.6) is 0 Å². The number of allylic oxidation sites excluding steroid dienone is 1. The van der Waals surface area contributed by atoms with Crippen LogP contribution in [0.1, 0.15) is 28.7 Å². The number of imidazole rings is 1. The molecule has 0 saturated heterocycles. The van der Waals surface area contributed by atoms with Gasteiger partial charge in [0.25, 0.3) is 0 Å². The standard InChI is InChI=1S/C20H18N2/c1-15-6-8-17(9-7-15)20-18-5-3-2-4-16(18)10-11-19(20)22-13-12-21-14-22/h2-9,12-14H,10-11H2,1H3. The molecule has 2 nitrogen and oxygen atoms in total. The minimum absolute atomic E-state index is 1.04. The van der Waals surface area contributed by atoms with Gasteiger partial charge in [-0.2, -0.15) is 0 Å². The summed E-state index contributed by atoms with van der Waals surface area (Å²) in [6, 6.07) is 17.6. The Kier molecular flexibility index (Phi) is 3.15. The van der Waals surface area contributed by atoms with Gasteiger partial charge in [-0.05, 0) is 36.5 Å². The second-order valence-electron chi connectivity index (χ2n) is 5.81. The van der Waals surface area contributed by atoms with Crippen molar-refractivity contribution in [1.82, 2.24) is 9.55 Å². The van der Waals surface area contributed by atoms with E-state index in [1.807, 2.05) is 18.7 Å². The predicted molar refractivity (Wildman–Crippen MR) is 90.4 cm³/mol. The van der Waals surface area contributed by atoms with E-state index < -0.39 is 0 Å². The number of rotatable bonds is 2. The van der Waals surface area contributed by atoms with Crippen molar-refractivity contribution in [2.45, 2.75) is 19.8 Å². The number of aromatic nitrogens is 2. The van der Waals surface area contributed by atoms with Crippen molar-refractivity contribution < 1.29 is 0 Å². The molecular weight excluding hydrogens is 268 g/mol. The number of hydrogen-bond donors (Lipinski definition) is 0. The van der Waals surface area contributed by atoms with Gasteiger partial charge < -0.3 is 4.57 Å². The SMILES string of the molecule is Cc1ccc(C2=C(n3ccnc3)CCc3ccccc32)cc1. The lowest BCUT2D eigenvalue weighted by Crippen LogP contribution is -2.09. The van der Waals surface area contributed by atoms with E-state index in [-0.39, 0.29) is 0 Å². The predicted octanol–water partition coefficient (Wildman–Crippen LogP) is 4.55. The maximum absolute atomic E-state index is 4.22. The number of fused-ring (bicyclic) bond motifs is 1. The minimum Gasteiger partial charge on any atom is -0.309 e. The molecule has 0 amide bonds. The summed E-state index contributed by atoms with van der Waals surface area (Å²) in [7, 11) is 0. The van der Waals surface area contributed by atoms with Crippen LogP contribution >= 0.6 is 0 Å². The fourth-order valence-electron chi connectivity index (χ4n) is 3.24. The van der Waals surface area contributed by atoms with Crippen molar-refractivity contribution >= 4 is 11.3 Å². The first kappa shape index (κ1) is 13.1. The van der Waals surface area contributed by atoms with E-state index >= 15 is 0 Å². The maximum Gasteiger partial charge on any atom is 0.0989 e. The quantitative estimate of drug-likeness (QED) is 0.675. The summed E-state index contributed by atoms with van der Waals surface area (Å²) in [6.45, 7) is 2.13. The maximum atomic E-state index is 4.22. The van der Waals surface area contributed by atoms with E-state index in [0.717, 1.165) is 12.8 Å². The van der Waals surface area contributed by atoms with E-state index in [0.29, 0.717) is 0 Å². The number of hydrogen-bond acceptors (Lipinski definition) is 1. The van der Waals surface area contributed by atoms with Crippen molar-refractivity contribution in [2.24, 2.45) is 0 Å². The Morgan fingerprint density at radius 2 is 1.77 bits per heavy atom. The topological polar surface area (TPSA) is 17.8 Å². The number of aryl methyl sites for hydroxylation is 2. The first-order valence-corrected chi connectivity index (χ1v) is 7.70. The smallest absolute Gasteiger partial charge is 0.0989 e. The molecule has 1 heterocycles. The molecule has 1 aliphatic rings. The molecule has 0 fully saturated rings. The van der Waals surface area contributed by atoms with Crippen molar-refractivity contribution in [3.63, 3.8) is 0 Å². The lowest BCUT2D eigenvalue weighted by atomic mass is 9.84. The molecule has 2 aromatic carbocycles. The van der Waals surface area contributed by atoms with Crippen LogP contribution in [0.25, 0.3) is 11.3 Å². The van der Waals surface area contributed by atoms with Gasteiger partial charge in [-0.15, -0.1) is 0 Å². The Bertz CT molecular complexity index is 824. The Balaban J connectivity index is 1.98. The molecule has 1 aliphatic carbocycles. The Morgan fingerprint density at radius 1 is 0.955 bits per heavy atom.